The van der Waals surface area contributed by atoms with Gasteiger partial charge in [0.25, 0.3) is 0 Å². The third kappa shape index (κ3) is 6.46. The van der Waals surface area contributed by atoms with Gasteiger partial charge in [0.1, 0.15) is 17.7 Å². The van der Waals surface area contributed by atoms with Crippen molar-refractivity contribution in [3.8, 4) is 39.1 Å². The molecule has 4 atom stereocenters. The van der Waals surface area contributed by atoms with Crippen LogP contribution in [0.2, 0.25) is 0 Å². The third-order valence-corrected chi connectivity index (χ3v) is 11.5. The Kier molecular flexibility index (Phi) is 9.23. The first kappa shape index (κ1) is 33.6. The van der Waals surface area contributed by atoms with E-state index in [9.17, 15) is 4.39 Å². The first-order chi connectivity index (χ1) is 23.7. The molecule has 1 aliphatic carbocycles. The average Bonchev–Trinajstić information content (AvgIpc) is 3.83. The van der Waals surface area contributed by atoms with Crippen molar-refractivity contribution in [2.24, 2.45) is 0 Å². The molecule has 0 unspecified atom stereocenters. The second-order valence-corrected chi connectivity index (χ2v) is 14.8. The number of fused-ring (bicyclic) bond motifs is 2. The Morgan fingerprint density at radius 3 is 2.47 bits per heavy atom. The van der Waals surface area contributed by atoms with Gasteiger partial charge in [-0.15, -0.1) is 10.2 Å². The maximum atomic E-state index is 17.3. The molecule has 2 aliphatic heterocycles. The molecule has 0 N–H and O–H groups in total. The molecule has 1 saturated carbocycles. The van der Waals surface area contributed by atoms with Crippen molar-refractivity contribution in [3.05, 3.63) is 66.1 Å². The highest BCUT2D eigenvalue weighted by Gasteiger charge is 2.60. The minimum Gasteiger partial charge on any atom is -0.497 e. The van der Waals surface area contributed by atoms with E-state index in [0.29, 0.717) is 34.8 Å². The molecular formula is C37H43F2N5O4S. The molecule has 2 bridgehead atoms. The fourth-order valence-electron chi connectivity index (χ4n) is 7.92. The van der Waals surface area contributed by atoms with Crippen molar-refractivity contribution in [1.82, 2.24) is 20.1 Å². The fraction of sp³-hybridized carbons (Fsp3) is 0.486. The molecule has 2 saturated heterocycles. The van der Waals surface area contributed by atoms with Crippen LogP contribution < -0.4 is 19.1 Å². The normalized spacial score (nSPS) is 25.2. The molecule has 0 spiro atoms. The van der Waals surface area contributed by atoms with E-state index in [-0.39, 0.29) is 30.3 Å². The van der Waals surface area contributed by atoms with Gasteiger partial charge < -0.3 is 23.8 Å². The molecule has 260 valence electrons. The molecule has 7 rings (SSSR count). The van der Waals surface area contributed by atoms with Crippen molar-refractivity contribution in [3.63, 3.8) is 0 Å². The third-order valence-electron chi connectivity index (χ3n) is 10.5. The van der Waals surface area contributed by atoms with E-state index in [0.717, 1.165) is 54.1 Å². The minimum atomic E-state index is -1.08. The maximum Gasteiger partial charge on any atom is 0.216 e. The Balaban J connectivity index is 1.19. The van der Waals surface area contributed by atoms with E-state index < -0.39 is 17.7 Å². The predicted molar refractivity (Wildman–Crippen MR) is 186 cm³/mol. The zero-order valence-electron chi connectivity index (χ0n) is 28.6. The summed E-state index contributed by atoms with van der Waals surface area (Å²) in [6, 6.07) is 16.6. The second-order valence-electron chi connectivity index (χ2n) is 13.8. The molecular weight excluding hydrogens is 649 g/mol. The Morgan fingerprint density at radius 2 is 1.76 bits per heavy atom. The van der Waals surface area contributed by atoms with E-state index in [1.54, 1.807) is 20.3 Å². The number of ether oxygens (including phenoxy) is 4. The van der Waals surface area contributed by atoms with E-state index in [1.807, 2.05) is 30.3 Å². The molecule has 4 aromatic rings. The summed E-state index contributed by atoms with van der Waals surface area (Å²) in [6.07, 6.45) is 4.45. The number of methoxy groups -OCH3 is 3. The van der Waals surface area contributed by atoms with Crippen molar-refractivity contribution in [1.29, 1.82) is 0 Å². The van der Waals surface area contributed by atoms with Crippen molar-refractivity contribution >= 4 is 16.5 Å². The number of aromatic nitrogens is 3. The fourth-order valence-corrected chi connectivity index (χ4v) is 8.92. The number of anilines is 1. The quantitative estimate of drug-likeness (QED) is 0.110. The molecule has 12 heteroatoms. The van der Waals surface area contributed by atoms with Gasteiger partial charge in [-0.25, -0.2) is 4.39 Å². The van der Waals surface area contributed by atoms with Crippen LogP contribution in [-0.4, -0.2) is 77.5 Å². The van der Waals surface area contributed by atoms with Gasteiger partial charge in [-0.3, -0.25) is 4.90 Å². The highest BCUT2D eigenvalue weighted by atomic mass is 32.1. The SMILES string of the molecule is COCOc1cc(-c2cc(F)nc(OC)c2)ccc1-c1nnc(N(C2CC2)[C@H]2C[C@]3(C)CCC[C@](C)([C@H]2F)N3Cc2ccc(OC)cc2)s1. The summed E-state index contributed by atoms with van der Waals surface area (Å²) in [5.74, 6) is 0.868. The number of pyridine rings is 1. The number of benzene rings is 2. The highest BCUT2D eigenvalue weighted by molar-refractivity contribution is 7.18. The average molecular weight is 692 g/mol. The largest absolute Gasteiger partial charge is 0.497 e. The highest BCUT2D eigenvalue weighted by Crippen LogP contribution is 2.53. The van der Waals surface area contributed by atoms with Crippen LogP contribution in [0, 0.1) is 5.95 Å². The van der Waals surface area contributed by atoms with Gasteiger partial charge >= 0.3 is 0 Å². The summed E-state index contributed by atoms with van der Waals surface area (Å²) in [4.78, 5) is 8.44. The van der Waals surface area contributed by atoms with Gasteiger partial charge in [0.15, 0.2) is 11.8 Å². The van der Waals surface area contributed by atoms with E-state index in [1.165, 1.54) is 24.5 Å². The van der Waals surface area contributed by atoms with Crippen molar-refractivity contribution in [2.45, 2.75) is 88.3 Å². The topological polar surface area (TPSA) is 82.1 Å². The lowest BCUT2D eigenvalue weighted by atomic mass is 9.65. The maximum absolute atomic E-state index is 17.3. The Morgan fingerprint density at radius 1 is 0.959 bits per heavy atom. The lowest BCUT2D eigenvalue weighted by molar-refractivity contribution is -0.139. The molecule has 2 aromatic heterocycles. The van der Waals surface area contributed by atoms with Crippen LogP contribution in [-0.2, 0) is 11.3 Å². The van der Waals surface area contributed by atoms with Gasteiger partial charge in [-0.1, -0.05) is 29.5 Å². The van der Waals surface area contributed by atoms with Crippen LogP contribution in [0.3, 0.4) is 0 Å². The summed E-state index contributed by atoms with van der Waals surface area (Å²) >= 11 is 1.45. The van der Waals surface area contributed by atoms with Crippen LogP contribution in [0.1, 0.15) is 57.9 Å². The van der Waals surface area contributed by atoms with E-state index >= 15 is 4.39 Å². The Bertz CT molecular complexity index is 1790. The van der Waals surface area contributed by atoms with E-state index in [4.69, 9.17) is 18.9 Å². The Labute approximate surface area is 290 Å². The zero-order chi connectivity index (χ0) is 34.3. The van der Waals surface area contributed by atoms with Gasteiger partial charge in [0, 0.05) is 37.4 Å². The molecule has 2 aromatic carbocycles. The van der Waals surface area contributed by atoms with Crippen LogP contribution in [0.15, 0.2) is 54.6 Å². The number of alkyl halides is 1. The lowest BCUT2D eigenvalue weighted by Gasteiger charge is -2.63. The predicted octanol–water partition coefficient (Wildman–Crippen LogP) is 7.69. The number of nitrogens with zero attached hydrogens (tertiary/aromatic N) is 5. The number of rotatable bonds is 12. The number of hydrogen-bond donors (Lipinski definition) is 0. The molecule has 4 heterocycles. The molecule has 0 amide bonds. The summed E-state index contributed by atoms with van der Waals surface area (Å²) in [6.45, 7) is 5.14. The van der Waals surface area contributed by atoms with Crippen LogP contribution in [0.4, 0.5) is 13.9 Å². The lowest BCUT2D eigenvalue weighted by Crippen LogP contribution is -2.74. The first-order valence-corrected chi connectivity index (χ1v) is 17.6. The smallest absolute Gasteiger partial charge is 0.216 e. The van der Waals surface area contributed by atoms with Gasteiger partial charge in [-0.2, -0.15) is 9.37 Å². The van der Waals surface area contributed by atoms with Gasteiger partial charge in [0.05, 0.1) is 31.4 Å². The number of halogens is 2. The number of piperidine rings is 2. The summed E-state index contributed by atoms with van der Waals surface area (Å²) in [5.41, 5.74) is 2.40. The Hall–Kier alpha value is -3.87. The molecule has 0 radical (unpaired) electrons. The monoisotopic (exact) mass is 691 g/mol. The van der Waals surface area contributed by atoms with Gasteiger partial charge in [-0.05, 0) is 93.3 Å². The molecule has 3 fully saturated rings. The first-order valence-electron chi connectivity index (χ1n) is 16.8. The molecule has 3 aliphatic rings. The summed E-state index contributed by atoms with van der Waals surface area (Å²) in [5, 5.41) is 10.7. The molecule has 49 heavy (non-hydrogen) atoms. The van der Waals surface area contributed by atoms with E-state index in [2.05, 4.69) is 51.0 Å². The van der Waals surface area contributed by atoms with Crippen LogP contribution in [0.25, 0.3) is 21.7 Å². The van der Waals surface area contributed by atoms with Crippen molar-refractivity contribution in [2.75, 3.05) is 33.0 Å². The molecule has 9 nitrogen and oxygen atoms in total. The van der Waals surface area contributed by atoms with Crippen molar-refractivity contribution < 1.29 is 27.7 Å². The summed E-state index contributed by atoms with van der Waals surface area (Å²) in [7, 11) is 4.67. The van der Waals surface area contributed by atoms with Gasteiger partial charge in [0.2, 0.25) is 17.0 Å². The second kappa shape index (κ2) is 13.4. The van der Waals surface area contributed by atoms with Crippen LogP contribution in [0.5, 0.6) is 17.4 Å². The van der Waals surface area contributed by atoms with Crippen LogP contribution >= 0.6 is 11.3 Å². The summed E-state index contributed by atoms with van der Waals surface area (Å²) < 4.78 is 53.3. The minimum absolute atomic E-state index is 0.0140. The standard InChI is InChI=1S/C37H43F2N5O4S/c1-36-15-6-16-37(2,43(36)21-23-7-12-27(46-4)13-8-23)33(39)29(20-36)44(26-10-11-26)35-42-41-34(49-35)28-14-9-24(17-30(28)48-22-45-3)25-18-31(38)40-32(19-25)47-5/h7-9,12-14,17-19,26,29,33H,6,10-11,15-16,20-22H2,1-5H3/t29-,33-,36-,37+/m0/s1. The zero-order valence-corrected chi connectivity index (χ0v) is 29.4. The number of hydrogen-bond acceptors (Lipinski definition) is 10.